The summed E-state index contributed by atoms with van der Waals surface area (Å²) in [6, 6.07) is 5.02. The Kier molecular flexibility index (Phi) is 9.17. The predicted molar refractivity (Wildman–Crippen MR) is 149 cm³/mol. The number of halogens is 3. The zero-order chi connectivity index (χ0) is 29.6. The highest BCUT2D eigenvalue weighted by molar-refractivity contribution is 5.97. The molecular formula is C28H30F3N7O3. The molecule has 0 saturated heterocycles. The van der Waals surface area contributed by atoms with Crippen LogP contribution < -0.4 is 15.5 Å². The minimum Gasteiger partial charge on any atom is -0.501 e. The van der Waals surface area contributed by atoms with Crippen LogP contribution in [0.1, 0.15) is 29.3 Å². The Morgan fingerprint density at radius 1 is 1.15 bits per heavy atom. The number of ether oxygens (including phenoxy) is 2. The molecule has 216 valence electrons. The van der Waals surface area contributed by atoms with Crippen molar-refractivity contribution in [2.24, 2.45) is 0 Å². The quantitative estimate of drug-likeness (QED) is 0.354. The second-order valence-electron chi connectivity index (χ2n) is 9.15. The molecule has 0 unspecified atom stereocenters. The van der Waals surface area contributed by atoms with Gasteiger partial charge in [-0.1, -0.05) is 13.0 Å². The fourth-order valence-corrected chi connectivity index (χ4v) is 4.05. The first-order valence-corrected chi connectivity index (χ1v) is 12.7. The summed E-state index contributed by atoms with van der Waals surface area (Å²) in [4.78, 5) is 32.7. The summed E-state index contributed by atoms with van der Waals surface area (Å²) in [5.41, 5.74) is 1.89. The summed E-state index contributed by atoms with van der Waals surface area (Å²) in [6.07, 6.45) is 2.11. The molecule has 0 saturated carbocycles. The molecule has 1 aromatic carbocycles. The van der Waals surface area contributed by atoms with Gasteiger partial charge in [-0.2, -0.15) is 13.2 Å². The molecule has 1 aliphatic rings. The van der Waals surface area contributed by atoms with Gasteiger partial charge in [-0.25, -0.2) is 19.9 Å². The number of carbonyl (C=O) groups is 1. The average molecular weight is 570 g/mol. The second kappa shape index (κ2) is 12.8. The van der Waals surface area contributed by atoms with Crippen LogP contribution in [-0.4, -0.2) is 66.4 Å². The van der Waals surface area contributed by atoms with Gasteiger partial charge in [-0.15, -0.1) is 0 Å². The summed E-state index contributed by atoms with van der Waals surface area (Å²) in [7, 11) is 4.82. The molecule has 1 aliphatic carbocycles. The number of fused-ring (bicyclic) bond motifs is 1. The number of hydrogen-bond acceptors (Lipinski definition) is 9. The molecule has 2 aromatic heterocycles. The van der Waals surface area contributed by atoms with Gasteiger partial charge in [0, 0.05) is 44.1 Å². The molecule has 0 bridgehead atoms. The molecule has 0 spiro atoms. The van der Waals surface area contributed by atoms with E-state index in [1.807, 2.05) is 18.9 Å². The number of amides is 1. The number of aryl methyl sites for hydroxylation is 1. The zero-order valence-corrected chi connectivity index (χ0v) is 23.0. The lowest BCUT2D eigenvalue weighted by atomic mass is 10.1. The van der Waals surface area contributed by atoms with E-state index >= 15 is 0 Å². The Bertz CT molecular complexity index is 1520. The zero-order valence-electron chi connectivity index (χ0n) is 23.0. The van der Waals surface area contributed by atoms with Gasteiger partial charge in [0.2, 0.25) is 5.95 Å². The van der Waals surface area contributed by atoms with Gasteiger partial charge >= 0.3 is 6.18 Å². The molecule has 0 radical (unpaired) electrons. The van der Waals surface area contributed by atoms with Crippen LogP contribution >= 0.6 is 0 Å². The van der Waals surface area contributed by atoms with Gasteiger partial charge in [-0.3, -0.25) is 4.79 Å². The normalized spacial score (nSPS) is 13.6. The lowest BCUT2D eigenvalue weighted by molar-refractivity contribution is -0.0882. The van der Waals surface area contributed by atoms with E-state index in [-0.39, 0.29) is 23.4 Å². The molecule has 4 rings (SSSR count). The number of hydrogen-bond donors (Lipinski definition) is 2. The van der Waals surface area contributed by atoms with Crippen LogP contribution in [-0.2, 0) is 15.9 Å². The van der Waals surface area contributed by atoms with Crippen molar-refractivity contribution in [3.05, 3.63) is 77.1 Å². The molecule has 10 nitrogen and oxygen atoms in total. The molecule has 1 amide bonds. The van der Waals surface area contributed by atoms with Crippen molar-refractivity contribution in [3.63, 3.8) is 0 Å². The maximum Gasteiger partial charge on any atom is 0.416 e. The number of likely N-dealkylation sites (N-methyl/N-ethyl adjacent to an activating group) is 1. The van der Waals surface area contributed by atoms with Crippen molar-refractivity contribution in [2.45, 2.75) is 25.9 Å². The third-order valence-electron chi connectivity index (χ3n) is 6.35. The fourth-order valence-electron chi connectivity index (χ4n) is 4.05. The monoisotopic (exact) mass is 569 g/mol. The number of allylic oxidation sites excluding steroid dienone is 4. The lowest BCUT2D eigenvalue weighted by Gasteiger charge is -2.17. The Balaban J connectivity index is 1.63. The van der Waals surface area contributed by atoms with E-state index in [4.69, 9.17) is 9.47 Å². The molecule has 13 heteroatoms. The van der Waals surface area contributed by atoms with Crippen molar-refractivity contribution in [1.29, 1.82) is 0 Å². The van der Waals surface area contributed by atoms with Crippen molar-refractivity contribution in [3.8, 4) is 0 Å². The first-order chi connectivity index (χ1) is 19.6. The number of methoxy groups -OCH3 is 2. The third kappa shape index (κ3) is 7.17. The molecule has 0 aliphatic heterocycles. The molecule has 3 aromatic rings. The number of rotatable bonds is 10. The van der Waals surface area contributed by atoms with E-state index < -0.39 is 17.7 Å². The summed E-state index contributed by atoms with van der Waals surface area (Å²) >= 11 is 0. The van der Waals surface area contributed by atoms with Crippen molar-refractivity contribution in [1.82, 2.24) is 25.3 Å². The Morgan fingerprint density at radius 3 is 2.66 bits per heavy atom. The van der Waals surface area contributed by atoms with Gasteiger partial charge in [0.15, 0.2) is 5.82 Å². The van der Waals surface area contributed by atoms with Gasteiger partial charge in [0.1, 0.15) is 23.1 Å². The predicted octanol–water partition coefficient (Wildman–Crippen LogP) is 4.84. The highest BCUT2D eigenvalue weighted by Gasteiger charge is 2.33. The smallest absolute Gasteiger partial charge is 0.416 e. The highest BCUT2D eigenvalue weighted by atomic mass is 19.4. The van der Waals surface area contributed by atoms with Crippen LogP contribution in [0.5, 0.6) is 0 Å². The molecule has 2 N–H and O–H groups in total. The minimum absolute atomic E-state index is 0.00966. The maximum absolute atomic E-state index is 13.4. The number of carbonyl (C=O) groups excluding carboxylic acids is 1. The van der Waals surface area contributed by atoms with Crippen LogP contribution in [0.3, 0.4) is 0 Å². The number of alkyl halides is 3. The van der Waals surface area contributed by atoms with Crippen LogP contribution in [0, 0.1) is 0 Å². The first kappa shape index (κ1) is 29.5. The van der Waals surface area contributed by atoms with E-state index in [0.29, 0.717) is 48.1 Å². The van der Waals surface area contributed by atoms with E-state index in [1.54, 1.807) is 31.5 Å². The van der Waals surface area contributed by atoms with E-state index in [9.17, 15) is 18.0 Å². The SMILES string of the molecule is CCc1ccc(C(=O)NC2=CC(C(F)(F)F)=CC=C(OC)C2)cc1Nc1ncnc2cnc(N(C)CCOC)nc12. The molecule has 41 heavy (non-hydrogen) atoms. The molecule has 2 heterocycles. The average Bonchev–Trinajstić information content (AvgIpc) is 3.18. The van der Waals surface area contributed by atoms with Gasteiger partial charge in [-0.05, 0) is 42.3 Å². The first-order valence-electron chi connectivity index (χ1n) is 12.7. The minimum atomic E-state index is -4.59. The van der Waals surface area contributed by atoms with E-state index in [2.05, 4.69) is 30.6 Å². The number of nitrogens with zero attached hydrogens (tertiary/aromatic N) is 5. The fraction of sp³-hybridized carbons (Fsp3) is 0.321. The highest BCUT2D eigenvalue weighted by Crippen LogP contribution is 2.31. The largest absolute Gasteiger partial charge is 0.501 e. The van der Waals surface area contributed by atoms with E-state index in [0.717, 1.165) is 17.7 Å². The Hall–Kier alpha value is -4.52. The standard InChI is InChI=1S/C28H30F3N7O3/c1-5-17-6-7-18(26(39)35-20-13-19(28(29,30)31)8-9-21(14-20)41-4)12-22(17)36-25-24-23(33-16-34-25)15-32-27(37-24)38(2)10-11-40-3/h6-9,12-13,15-16H,5,10-11,14H2,1-4H3,(H,35,39)(H,33,34,36). The van der Waals surface area contributed by atoms with Crippen molar-refractivity contribution < 1.29 is 27.4 Å². The van der Waals surface area contributed by atoms with Crippen molar-refractivity contribution in [2.75, 3.05) is 44.6 Å². The van der Waals surface area contributed by atoms with Gasteiger partial charge in [0.25, 0.3) is 5.91 Å². The van der Waals surface area contributed by atoms with Crippen LogP contribution in [0.2, 0.25) is 0 Å². The van der Waals surface area contributed by atoms with Crippen molar-refractivity contribution >= 4 is 34.4 Å². The van der Waals surface area contributed by atoms with E-state index in [1.165, 1.54) is 19.5 Å². The third-order valence-corrected chi connectivity index (χ3v) is 6.35. The number of aromatic nitrogens is 4. The summed E-state index contributed by atoms with van der Waals surface area (Å²) in [6.45, 7) is 3.04. The Labute approximate surface area is 235 Å². The molecule has 0 atom stereocenters. The van der Waals surface area contributed by atoms with Gasteiger partial charge in [0.05, 0.1) is 25.5 Å². The van der Waals surface area contributed by atoms with Crippen LogP contribution in [0.4, 0.5) is 30.6 Å². The molecular weight excluding hydrogens is 539 g/mol. The van der Waals surface area contributed by atoms with Crippen LogP contribution in [0.15, 0.2) is 66.0 Å². The Morgan fingerprint density at radius 2 is 1.95 bits per heavy atom. The van der Waals surface area contributed by atoms with Crippen LogP contribution in [0.25, 0.3) is 11.0 Å². The topological polar surface area (TPSA) is 114 Å². The lowest BCUT2D eigenvalue weighted by Crippen LogP contribution is -2.24. The number of nitrogens with one attached hydrogen (secondary N) is 2. The number of anilines is 3. The maximum atomic E-state index is 13.4. The van der Waals surface area contributed by atoms with Gasteiger partial charge < -0.3 is 25.0 Å². The summed E-state index contributed by atoms with van der Waals surface area (Å²) < 4.78 is 50.6. The number of benzene rings is 1. The molecule has 0 fully saturated rings. The summed E-state index contributed by atoms with van der Waals surface area (Å²) in [5.74, 6) is 0.583. The second-order valence-corrected chi connectivity index (χ2v) is 9.15. The summed E-state index contributed by atoms with van der Waals surface area (Å²) in [5, 5.41) is 5.87.